The first-order chi connectivity index (χ1) is 9.74. The second kappa shape index (κ2) is 6.28. The Morgan fingerprint density at radius 3 is 2.70 bits per heavy atom. The van der Waals surface area contributed by atoms with E-state index in [0.29, 0.717) is 6.04 Å². The molecule has 3 rings (SSSR count). The van der Waals surface area contributed by atoms with Crippen LogP contribution < -0.4 is 5.32 Å². The maximum Gasteiger partial charge on any atom is 0.0452 e. The van der Waals surface area contributed by atoms with Gasteiger partial charge in [0.1, 0.15) is 0 Å². The lowest BCUT2D eigenvalue weighted by Crippen LogP contribution is -2.42. The topological polar surface area (TPSA) is 15.3 Å². The van der Waals surface area contributed by atoms with E-state index in [-0.39, 0.29) is 0 Å². The maximum absolute atomic E-state index is 3.71. The summed E-state index contributed by atoms with van der Waals surface area (Å²) in [6.45, 7) is 9.62. The molecule has 0 amide bonds. The van der Waals surface area contributed by atoms with Crippen molar-refractivity contribution in [2.75, 3.05) is 26.2 Å². The Kier molecular flexibility index (Phi) is 4.42. The van der Waals surface area contributed by atoms with Crippen molar-refractivity contribution in [2.45, 2.75) is 39.2 Å². The first-order valence-electron chi connectivity index (χ1n) is 8.27. The molecule has 1 N–H and O–H groups in total. The lowest BCUT2D eigenvalue weighted by Gasteiger charge is -2.37. The number of piperidine rings is 1. The molecule has 0 radical (unpaired) electrons. The maximum atomic E-state index is 3.71. The minimum atomic E-state index is 0.538. The van der Waals surface area contributed by atoms with Crippen molar-refractivity contribution >= 4 is 0 Å². The molecule has 1 saturated heterocycles. The highest BCUT2D eigenvalue weighted by atomic mass is 15.2. The Hall–Kier alpha value is -0.860. The molecular weight excluding hydrogens is 244 g/mol. The fourth-order valence-electron chi connectivity index (χ4n) is 3.82. The Labute approximate surface area is 123 Å². The number of rotatable bonds is 3. The van der Waals surface area contributed by atoms with Crippen molar-refractivity contribution < 1.29 is 0 Å². The van der Waals surface area contributed by atoms with E-state index >= 15 is 0 Å². The van der Waals surface area contributed by atoms with E-state index in [2.05, 4.69) is 48.3 Å². The molecule has 1 unspecified atom stereocenters. The minimum absolute atomic E-state index is 0.538. The normalized spacial score (nSPS) is 24.9. The predicted molar refractivity (Wildman–Crippen MR) is 84.9 cm³/mol. The minimum Gasteiger partial charge on any atom is -0.309 e. The van der Waals surface area contributed by atoms with Gasteiger partial charge in [0.05, 0.1) is 0 Å². The lowest BCUT2D eigenvalue weighted by molar-refractivity contribution is 0.144. The summed E-state index contributed by atoms with van der Waals surface area (Å²) < 4.78 is 0. The average molecular weight is 272 g/mol. The van der Waals surface area contributed by atoms with Crippen LogP contribution in [0.2, 0.25) is 0 Å². The van der Waals surface area contributed by atoms with E-state index in [0.717, 1.165) is 18.4 Å². The number of hydrogen-bond acceptors (Lipinski definition) is 2. The van der Waals surface area contributed by atoms with Crippen LogP contribution in [0, 0.1) is 11.8 Å². The Balaban J connectivity index is 1.60. The van der Waals surface area contributed by atoms with Crippen molar-refractivity contribution in [1.29, 1.82) is 0 Å². The van der Waals surface area contributed by atoms with E-state index in [1.165, 1.54) is 44.5 Å². The van der Waals surface area contributed by atoms with Crippen LogP contribution in [0.5, 0.6) is 0 Å². The van der Waals surface area contributed by atoms with Crippen LogP contribution in [0.4, 0.5) is 0 Å². The largest absolute Gasteiger partial charge is 0.309 e. The van der Waals surface area contributed by atoms with Gasteiger partial charge in [-0.1, -0.05) is 38.1 Å². The number of hydrogen-bond donors (Lipinski definition) is 1. The smallest absolute Gasteiger partial charge is 0.0452 e. The summed E-state index contributed by atoms with van der Waals surface area (Å²) >= 11 is 0. The molecule has 0 bridgehead atoms. The van der Waals surface area contributed by atoms with E-state index < -0.39 is 0 Å². The van der Waals surface area contributed by atoms with Gasteiger partial charge in [0.15, 0.2) is 0 Å². The summed E-state index contributed by atoms with van der Waals surface area (Å²) in [5.74, 6) is 1.79. The van der Waals surface area contributed by atoms with Crippen LogP contribution in [0.1, 0.15) is 43.9 Å². The van der Waals surface area contributed by atoms with Crippen LogP contribution in [-0.4, -0.2) is 31.1 Å². The van der Waals surface area contributed by atoms with Crippen molar-refractivity contribution in [1.82, 2.24) is 10.2 Å². The van der Waals surface area contributed by atoms with Crippen LogP contribution in [0.15, 0.2) is 24.3 Å². The summed E-state index contributed by atoms with van der Waals surface area (Å²) in [4.78, 5) is 2.67. The van der Waals surface area contributed by atoms with Gasteiger partial charge in [0.25, 0.3) is 0 Å². The lowest BCUT2D eigenvalue weighted by atomic mass is 9.86. The summed E-state index contributed by atoms with van der Waals surface area (Å²) in [5, 5.41) is 3.71. The molecule has 2 heteroatoms. The van der Waals surface area contributed by atoms with Gasteiger partial charge in [-0.15, -0.1) is 0 Å². The van der Waals surface area contributed by atoms with Gasteiger partial charge in [0, 0.05) is 12.6 Å². The van der Waals surface area contributed by atoms with E-state index in [4.69, 9.17) is 0 Å². The third-order valence-corrected chi connectivity index (χ3v) is 5.23. The first-order valence-corrected chi connectivity index (χ1v) is 8.27. The summed E-state index contributed by atoms with van der Waals surface area (Å²) in [6.07, 6.45) is 3.94. The van der Waals surface area contributed by atoms with Crippen molar-refractivity contribution in [3.8, 4) is 0 Å². The van der Waals surface area contributed by atoms with Gasteiger partial charge >= 0.3 is 0 Å². The molecule has 1 aromatic rings. The van der Waals surface area contributed by atoms with Crippen LogP contribution >= 0.6 is 0 Å². The summed E-state index contributed by atoms with van der Waals surface area (Å²) in [6, 6.07) is 9.51. The van der Waals surface area contributed by atoms with Crippen LogP contribution in [0.25, 0.3) is 0 Å². The van der Waals surface area contributed by atoms with Gasteiger partial charge in [-0.25, -0.2) is 0 Å². The number of nitrogens with one attached hydrogen (secondary N) is 1. The molecule has 2 aliphatic rings. The highest BCUT2D eigenvalue weighted by molar-refractivity contribution is 5.32. The van der Waals surface area contributed by atoms with Crippen LogP contribution in [-0.2, 0) is 6.42 Å². The first kappa shape index (κ1) is 14.1. The second-order valence-corrected chi connectivity index (χ2v) is 6.84. The molecule has 110 valence electrons. The molecule has 1 fully saturated rings. The number of benzene rings is 1. The van der Waals surface area contributed by atoms with E-state index in [1.54, 1.807) is 5.56 Å². The molecule has 0 aliphatic carbocycles. The third kappa shape index (κ3) is 3.07. The zero-order chi connectivity index (χ0) is 13.9. The fraction of sp³-hybridized carbons (Fsp3) is 0.667. The molecule has 1 atom stereocenters. The average Bonchev–Trinajstić information content (AvgIpc) is 2.48. The monoisotopic (exact) mass is 272 g/mol. The van der Waals surface area contributed by atoms with Gasteiger partial charge in [-0.2, -0.15) is 0 Å². The number of likely N-dealkylation sites (tertiary alicyclic amines) is 1. The second-order valence-electron chi connectivity index (χ2n) is 6.84. The standard InChI is InChI=1S/C18H28N2/c1-14(2)15-8-11-20(12-9-15)13-18-17-6-4-3-5-16(17)7-10-19-18/h3-6,14-15,18-19H,7-13H2,1-2H3. The van der Waals surface area contributed by atoms with E-state index in [1.807, 2.05) is 0 Å². The van der Waals surface area contributed by atoms with Crippen molar-refractivity contribution in [3.63, 3.8) is 0 Å². The Bertz CT molecular complexity index is 433. The van der Waals surface area contributed by atoms with Gasteiger partial charge < -0.3 is 10.2 Å². The van der Waals surface area contributed by atoms with Crippen molar-refractivity contribution in [3.05, 3.63) is 35.4 Å². The Morgan fingerprint density at radius 2 is 1.95 bits per heavy atom. The predicted octanol–water partition coefficient (Wildman–Crippen LogP) is 3.24. The summed E-state index contributed by atoms with van der Waals surface area (Å²) in [5.41, 5.74) is 3.08. The SMILES string of the molecule is CC(C)C1CCN(CC2NCCc3ccccc32)CC1. The van der Waals surface area contributed by atoms with E-state index in [9.17, 15) is 0 Å². The van der Waals surface area contributed by atoms with Crippen LogP contribution in [0.3, 0.4) is 0 Å². The molecule has 0 spiro atoms. The number of fused-ring (bicyclic) bond motifs is 1. The highest BCUT2D eigenvalue weighted by Crippen LogP contribution is 2.28. The van der Waals surface area contributed by atoms with Gasteiger partial charge in [-0.05, 0) is 61.9 Å². The third-order valence-electron chi connectivity index (χ3n) is 5.23. The molecule has 2 nitrogen and oxygen atoms in total. The molecule has 2 aliphatic heterocycles. The van der Waals surface area contributed by atoms with Gasteiger partial charge in [-0.3, -0.25) is 0 Å². The molecule has 0 saturated carbocycles. The molecule has 20 heavy (non-hydrogen) atoms. The Morgan fingerprint density at radius 1 is 1.20 bits per heavy atom. The van der Waals surface area contributed by atoms with Gasteiger partial charge in [0.2, 0.25) is 0 Å². The fourth-order valence-corrected chi connectivity index (χ4v) is 3.82. The van der Waals surface area contributed by atoms with Crippen molar-refractivity contribution in [2.24, 2.45) is 11.8 Å². The quantitative estimate of drug-likeness (QED) is 0.908. The molecule has 0 aromatic heterocycles. The molecular formula is C18H28N2. The highest BCUT2D eigenvalue weighted by Gasteiger charge is 2.25. The zero-order valence-corrected chi connectivity index (χ0v) is 12.9. The number of nitrogens with zero attached hydrogens (tertiary/aromatic N) is 1. The molecule has 1 aromatic carbocycles. The summed E-state index contributed by atoms with van der Waals surface area (Å²) in [7, 11) is 0. The molecule has 2 heterocycles. The zero-order valence-electron chi connectivity index (χ0n) is 12.9.